The van der Waals surface area contributed by atoms with Crippen LogP contribution in [0, 0.1) is 0 Å². The van der Waals surface area contributed by atoms with Crippen LogP contribution in [0.4, 0.5) is 5.69 Å². The summed E-state index contributed by atoms with van der Waals surface area (Å²) in [5, 5.41) is 0. The molecule has 0 N–H and O–H groups in total. The van der Waals surface area contributed by atoms with E-state index in [1.165, 1.54) is 11.3 Å². The predicted octanol–water partition coefficient (Wildman–Crippen LogP) is 1.73. The highest BCUT2D eigenvalue weighted by Crippen LogP contribution is 2.52. The Morgan fingerprint density at radius 1 is 1.42 bits per heavy atom. The third-order valence-electron chi connectivity index (χ3n) is 4.81. The average Bonchev–Trinajstić information content (AvgIpc) is 2.90. The molecule has 19 heavy (non-hydrogen) atoms. The van der Waals surface area contributed by atoms with Crippen molar-refractivity contribution < 1.29 is 14.3 Å². The van der Waals surface area contributed by atoms with Gasteiger partial charge in [0.25, 0.3) is 0 Å². The summed E-state index contributed by atoms with van der Waals surface area (Å²) in [6, 6.07) is 6.34. The first-order valence-corrected chi connectivity index (χ1v) is 6.79. The molecule has 0 aliphatic carbocycles. The van der Waals surface area contributed by atoms with Crippen molar-refractivity contribution in [2.75, 3.05) is 19.1 Å². The summed E-state index contributed by atoms with van der Waals surface area (Å²) in [4.78, 5) is 14.3. The largest absolute Gasteiger partial charge is 0.497 e. The molecule has 100 valence electrons. The van der Waals surface area contributed by atoms with Crippen LogP contribution in [-0.4, -0.2) is 38.2 Å². The Kier molecular flexibility index (Phi) is 2.22. The maximum atomic E-state index is 12.0. The van der Waals surface area contributed by atoms with E-state index >= 15 is 0 Å². The van der Waals surface area contributed by atoms with Gasteiger partial charge in [0.1, 0.15) is 11.9 Å². The number of ketones is 1. The highest BCUT2D eigenvalue weighted by Gasteiger charge is 2.56. The lowest BCUT2D eigenvalue weighted by molar-refractivity contribution is -0.135. The van der Waals surface area contributed by atoms with Crippen LogP contribution >= 0.6 is 0 Å². The van der Waals surface area contributed by atoms with Gasteiger partial charge in [-0.05, 0) is 30.2 Å². The quantitative estimate of drug-likeness (QED) is 0.770. The first kappa shape index (κ1) is 11.3. The number of rotatable bonds is 1. The minimum Gasteiger partial charge on any atom is -0.497 e. The van der Waals surface area contributed by atoms with Gasteiger partial charge in [-0.2, -0.15) is 0 Å². The molecule has 2 fully saturated rings. The summed E-state index contributed by atoms with van der Waals surface area (Å²) in [5.41, 5.74) is 2.48. The number of hydrogen-bond donors (Lipinski definition) is 0. The van der Waals surface area contributed by atoms with Gasteiger partial charge in [-0.3, -0.25) is 4.79 Å². The van der Waals surface area contributed by atoms with Crippen LogP contribution in [0.5, 0.6) is 5.75 Å². The van der Waals surface area contributed by atoms with E-state index in [-0.39, 0.29) is 24.0 Å². The Morgan fingerprint density at radius 3 is 3.05 bits per heavy atom. The monoisotopic (exact) mass is 259 g/mol. The highest BCUT2D eigenvalue weighted by molar-refractivity contribution is 5.87. The van der Waals surface area contributed by atoms with Crippen LogP contribution in [0.1, 0.15) is 24.3 Å². The maximum Gasteiger partial charge on any atom is 0.163 e. The van der Waals surface area contributed by atoms with E-state index in [4.69, 9.17) is 9.47 Å². The Bertz CT molecular complexity index is 556. The fraction of sp³-hybridized carbons (Fsp3) is 0.533. The number of likely N-dealkylation sites (N-methyl/N-ethyl adjacent to an activating group) is 1. The van der Waals surface area contributed by atoms with Gasteiger partial charge in [0.15, 0.2) is 5.78 Å². The molecule has 1 aromatic carbocycles. The lowest BCUT2D eigenvalue weighted by Gasteiger charge is -2.27. The topological polar surface area (TPSA) is 38.8 Å². The molecule has 3 aliphatic rings. The molecule has 3 aliphatic heterocycles. The third-order valence-corrected chi connectivity index (χ3v) is 4.81. The molecule has 1 aromatic rings. The number of anilines is 1. The fourth-order valence-electron chi connectivity index (χ4n) is 3.94. The van der Waals surface area contributed by atoms with Crippen LogP contribution in [0.25, 0.3) is 0 Å². The number of fused-ring (bicyclic) bond motifs is 7. The van der Waals surface area contributed by atoms with E-state index in [0.717, 1.165) is 12.2 Å². The highest BCUT2D eigenvalue weighted by atomic mass is 16.5. The van der Waals surface area contributed by atoms with Crippen LogP contribution in [0.3, 0.4) is 0 Å². The number of nitrogens with zero attached hydrogens (tertiary/aromatic N) is 1. The zero-order valence-corrected chi connectivity index (χ0v) is 11.1. The molecule has 0 radical (unpaired) electrons. The zero-order valence-electron chi connectivity index (χ0n) is 11.1. The Hall–Kier alpha value is -1.55. The van der Waals surface area contributed by atoms with Crippen LogP contribution < -0.4 is 9.64 Å². The van der Waals surface area contributed by atoms with Crippen molar-refractivity contribution in [2.45, 2.75) is 37.0 Å². The summed E-state index contributed by atoms with van der Waals surface area (Å²) in [6.07, 6.45) is 1.45. The second kappa shape index (κ2) is 3.73. The third kappa shape index (κ3) is 1.35. The van der Waals surface area contributed by atoms with E-state index in [9.17, 15) is 4.79 Å². The van der Waals surface area contributed by atoms with E-state index < -0.39 is 0 Å². The Labute approximate surface area is 112 Å². The molecule has 2 bridgehead atoms. The average molecular weight is 259 g/mol. The van der Waals surface area contributed by atoms with Crippen molar-refractivity contribution in [3.8, 4) is 5.75 Å². The van der Waals surface area contributed by atoms with Gasteiger partial charge >= 0.3 is 0 Å². The number of Topliss-reactive ketones (excluding diaryl/α,β-unsaturated/α-hetero) is 1. The molecule has 0 unspecified atom stereocenters. The summed E-state index contributed by atoms with van der Waals surface area (Å²) >= 11 is 0. The lowest BCUT2D eigenvalue weighted by atomic mass is 9.90. The van der Waals surface area contributed by atoms with Gasteiger partial charge < -0.3 is 14.4 Å². The summed E-state index contributed by atoms with van der Waals surface area (Å²) in [6.45, 7) is 0. The van der Waals surface area contributed by atoms with Gasteiger partial charge in [0.2, 0.25) is 0 Å². The molecule has 4 heteroatoms. The van der Waals surface area contributed by atoms with Crippen molar-refractivity contribution in [3.63, 3.8) is 0 Å². The SMILES string of the molecule is COc1ccc2c(c1)[C@H]1[C@H]([C@H]3O[C@@H]1CCC3=O)N2C. The smallest absolute Gasteiger partial charge is 0.163 e. The molecule has 0 spiro atoms. The van der Waals surface area contributed by atoms with Crippen molar-refractivity contribution in [1.82, 2.24) is 0 Å². The molecule has 4 rings (SSSR count). The summed E-state index contributed by atoms with van der Waals surface area (Å²) in [7, 11) is 3.75. The van der Waals surface area contributed by atoms with Crippen LogP contribution in [0.15, 0.2) is 18.2 Å². The summed E-state index contributed by atoms with van der Waals surface area (Å²) in [5.74, 6) is 1.45. The zero-order chi connectivity index (χ0) is 13.1. The molecular weight excluding hydrogens is 242 g/mol. The first-order valence-electron chi connectivity index (χ1n) is 6.79. The van der Waals surface area contributed by atoms with Gasteiger partial charge in [0.05, 0.1) is 19.3 Å². The number of ether oxygens (including phenoxy) is 2. The molecule has 0 aromatic heterocycles. The molecule has 4 nitrogen and oxygen atoms in total. The number of methoxy groups -OCH3 is 1. The lowest BCUT2D eigenvalue weighted by Crippen LogP contribution is -2.41. The predicted molar refractivity (Wildman–Crippen MR) is 70.8 cm³/mol. The van der Waals surface area contributed by atoms with Crippen molar-refractivity contribution >= 4 is 11.5 Å². The Morgan fingerprint density at radius 2 is 2.26 bits per heavy atom. The number of hydrogen-bond acceptors (Lipinski definition) is 4. The van der Waals surface area contributed by atoms with Gasteiger partial charge in [-0.1, -0.05) is 0 Å². The van der Waals surface area contributed by atoms with Crippen molar-refractivity contribution in [2.24, 2.45) is 0 Å². The van der Waals surface area contributed by atoms with Gasteiger partial charge in [0, 0.05) is 25.1 Å². The van der Waals surface area contributed by atoms with E-state index in [0.29, 0.717) is 12.3 Å². The van der Waals surface area contributed by atoms with Crippen LogP contribution in [-0.2, 0) is 9.53 Å². The van der Waals surface area contributed by atoms with Crippen molar-refractivity contribution in [1.29, 1.82) is 0 Å². The fourth-order valence-corrected chi connectivity index (χ4v) is 3.94. The van der Waals surface area contributed by atoms with Gasteiger partial charge in [-0.15, -0.1) is 0 Å². The normalized spacial score (nSPS) is 35.3. The molecule has 3 heterocycles. The molecule has 4 atom stereocenters. The standard InChI is InChI=1S/C15H17NO3/c1-16-10-4-3-8(18-2)7-9(10)13-12-6-5-11(17)15(19-12)14(13)16/h3-4,7,12-15H,5-6H2,1-2H3/t12-,13-,14-,15+/m1/s1. The second-order valence-corrected chi connectivity index (χ2v) is 5.65. The number of benzene rings is 1. The van der Waals surface area contributed by atoms with Crippen molar-refractivity contribution in [3.05, 3.63) is 23.8 Å². The first-order chi connectivity index (χ1) is 9.20. The maximum absolute atomic E-state index is 12.0. The molecule has 0 amide bonds. The number of carbonyl (C=O) groups is 1. The Balaban J connectivity index is 1.84. The van der Waals surface area contributed by atoms with E-state index in [1.54, 1.807) is 7.11 Å². The summed E-state index contributed by atoms with van der Waals surface area (Å²) < 4.78 is 11.3. The van der Waals surface area contributed by atoms with Gasteiger partial charge in [-0.25, -0.2) is 0 Å². The second-order valence-electron chi connectivity index (χ2n) is 5.65. The minimum atomic E-state index is -0.243. The van der Waals surface area contributed by atoms with E-state index in [2.05, 4.69) is 24.1 Å². The number of carbonyl (C=O) groups excluding carboxylic acids is 1. The molecular formula is C15H17NO3. The molecule has 2 saturated heterocycles. The minimum absolute atomic E-state index is 0.169. The molecule has 0 saturated carbocycles. The van der Waals surface area contributed by atoms with E-state index in [1.807, 2.05) is 6.07 Å². The van der Waals surface area contributed by atoms with Crippen LogP contribution in [0.2, 0.25) is 0 Å².